The van der Waals surface area contributed by atoms with Crippen molar-refractivity contribution < 1.29 is 4.39 Å². The lowest BCUT2D eigenvalue weighted by Crippen LogP contribution is -2.25. The maximum atomic E-state index is 13.7. The summed E-state index contributed by atoms with van der Waals surface area (Å²) in [4.78, 5) is 6.90. The Labute approximate surface area is 168 Å². The highest BCUT2D eigenvalue weighted by molar-refractivity contribution is 6.10. The Balaban J connectivity index is 2.20. The van der Waals surface area contributed by atoms with Crippen LogP contribution in [0.5, 0.6) is 0 Å². The SMILES string of the molecule is C=C/C(=C\N=C(C)N1CCCC1)C1=NN(CC(/C=C(/F)CC)=C/C)C(=C)C=C1. The average Bonchev–Trinajstić information content (AvgIpc) is 3.24. The van der Waals surface area contributed by atoms with Gasteiger partial charge in [0.15, 0.2) is 0 Å². The summed E-state index contributed by atoms with van der Waals surface area (Å²) in [5, 5.41) is 6.46. The quantitative estimate of drug-likeness (QED) is 0.330. The number of hydrogen-bond acceptors (Lipinski definition) is 3. The summed E-state index contributed by atoms with van der Waals surface area (Å²) in [5.41, 5.74) is 3.21. The molecule has 0 aliphatic carbocycles. The summed E-state index contributed by atoms with van der Waals surface area (Å²) in [6.45, 7) is 16.3. The first-order chi connectivity index (χ1) is 13.5. The molecule has 0 aromatic heterocycles. The molecule has 2 aliphatic heterocycles. The fourth-order valence-electron chi connectivity index (χ4n) is 2.98. The van der Waals surface area contributed by atoms with Crippen LogP contribution >= 0.6 is 0 Å². The molecule has 0 bridgehead atoms. The predicted octanol–water partition coefficient (Wildman–Crippen LogP) is 5.52. The van der Waals surface area contributed by atoms with E-state index in [-0.39, 0.29) is 5.83 Å². The summed E-state index contributed by atoms with van der Waals surface area (Å²) in [5.74, 6) is 0.865. The number of allylic oxidation sites excluding steroid dienone is 6. The fraction of sp³-hybridized carbons (Fsp3) is 0.391. The Morgan fingerprint density at radius 3 is 2.64 bits per heavy atom. The van der Waals surface area contributed by atoms with E-state index in [4.69, 9.17) is 0 Å². The molecule has 1 fully saturated rings. The first-order valence-electron chi connectivity index (χ1n) is 9.85. The lowest BCUT2D eigenvalue weighted by atomic mass is 10.1. The molecule has 4 nitrogen and oxygen atoms in total. The molecular formula is C23H31FN4. The van der Waals surface area contributed by atoms with Gasteiger partial charge in [-0.15, -0.1) is 0 Å². The van der Waals surface area contributed by atoms with Crippen molar-refractivity contribution in [1.29, 1.82) is 0 Å². The molecule has 150 valence electrons. The molecule has 5 heteroatoms. The summed E-state index contributed by atoms with van der Waals surface area (Å²) in [7, 11) is 0. The number of halogens is 1. The minimum atomic E-state index is -0.145. The van der Waals surface area contributed by atoms with E-state index in [2.05, 4.69) is 28.2 Å². The number of likely N-dealkylation sites (tertiary alicyclic amines) is 1. The van der Waals surface area contributed by atoms with Crippen molar-refractivity contribution in [3.63, 3.8) is 0 Å². The molecule has 0 saturated carbocycles. The second-order valence-electron chi connectivity index (χ2n) is 6.83. The molecule has 0 atom stereocenters. The largest absolute Gasteiger partial charge is 0.360 e. The van der Waals surface area contributed by atoms with Crippen LogP contribution < -0.4 is 0 Å². The van der Waals surface area contributed by atoms with E-state index in [1.54, 1.807) is 24.1 Å². The van der Waals surface area contributed by atoms with E-state index in [0.29, 0.717) is 13.0 Å². The molecule has 1 saturated heterocycles. The highest BCUT2D eigenvalue weighted by atomic mass is 19.1. The van der Waals surface area contributed by atoms with Crippen molar-refractivity contribution in [2.45, 2.75) is 40.0 Å². The Hall–Kier alpha value is -2.69. The van der Waals surface area contributed by atoms with Crippen LogP contribution in [0.3, 0.4) is 0 Å². The van der Waals surface area contributed by atoms with E-state index in [0.717, 1.165) is 41.5 Å². The third kappa shape index (κ3) is 5.91. The number of hydrogen-bond donors (Lipinski definition) is 0. The number of rotatable bonds is 7. The van der Waals surface area contributed by atoms with Crippen molar-refractivity contribution >= 4 is 11.5 Å². The van der Waals surface area contributed by atoms with E-state index >= 15 is 0 Å². The number of aliphatic imine (C=N–C) groups is 1. The molecular weight excluding hydrogens is 351 g/mol. The van der Waals surface area contributed by atoms with Gasteiger partial charge in [0.25, 0.3) is 0 Å². The van der Waals surface area contributed by atoms with Gasteiger partial charge < -0.3 is 4.90 Å². The van der Waals surface area contributed by atoms with Crippen molar-refractivity contribution in [3.05, 3.63) is 72.4 Å². The van der Waals surface area contributed by atoms with Gasteiger partial charge in [-0.1, -0.05) is 32.2 Å². The van der Waals surface area contributed by atoms with Gasteiger partial charge in [-0.05, 0) is 56.9 Å². The topological polar surface area (TPSA) is 31.2 Å². The van der Waals surface area contributed by atoms with Crippen molar-refractivity contribution in [2.24, 2.45) is 10.1 Å². The monoisotopic (exact) mass is 382 g/mol. The maximum Gasteiger partial charge on any atom is 0.101 e. The zero-order valence-corrected chi connectivity index (χ0v) is 17.3. The van der Waals surface area contributed by atoms with Crippen LogP contribution in [-0.2, 0) is 0 Å². The van der Waals surface area contributed by atoms with Crippen LogP contribution in [0.2, 0.25) is 0 Å². The normalized spacial score (nSPS) is 19.4. The Bertz CT molecular complexity index is 774. The van der Waals surface area contributed by atoms with Gasteiger partial charge in [-0.25, -0.2) is 9.38 Å². The summed E-state index contributed by atoms with van der Waals surface area (Å²) < 4.78 is 13.7. The van der Waals surface area contributed by atoms with E-state index in [9.17, 15) is 4.39 Å². The Morgan fingerprint density at radius 1 is 1.32 bits per heavy atom. The lowest BCUT2D eigenvalue weighted by Gasteiger charge is -2.24. The van der Waals surface area contributed by atoms with Gasteiger partial charge in [0.2, 0.25) is 0 Å². The molecule has 28 heavy (non-hydrogen) atoms. The molecule has 0 unspecified atom stereocenters. The lowest BCUT2D eigenvalue weighted by molar-refractivity contribution is 0.409. The maximum absolute atomic E-state index is 13.7. The molecule has 0 radical (unpaired) electrons. The van der Waals surface area contributed by atoms with Crippen LogP contribution in [0.1, 0.15) is 40.0 Å². The third-order valence-corrected chi connectivity index (χ3v) is 4.85. The molecule has 0 aromatic carbocycles. The number of hydrazone groups is 1. The molecule has 0 amide bonds. The molecule has 0 aromatic rings. The van der Waals surface area contributed by atoms with Crippen LogP contribution in [0.15, 0.2) is 82.5 Å². The second-order valence-corrected chi connectivity index (χ2v) is 6.83. The highest BCUT2D eigenvalue weighted by Gasteiger charge is 2.15. The smallest absolute Gasteiger partial charge is 0.101 e. The predicted molar refractivity (Wildman–Crippen MR) is 118 cm³/mol. The Kier molecular flexibility index (Phi) is 8.18. The van der Waals surface area contributed by atoms with E-state index < -0.39 is 0 Å². The van der Waals surface area contributed by atoms with Crippen LogP contribution in [0, 0.1) is 0 Å². The molecule has 0 spiro atoms. The van der Waals surface area contributed by atoms with E-state index in [1.165, 1.54) is 12.8 Å². The molecule has 0 N–H and O–H groups in total. The number of amidine groups is 1. The van der Waals surface area contributed by atoms with Crippen molar-refractivity contribution in [1.82, 2.24) is 9.91 Å². The van der Waals surface area contributed by atoms with Crippen molar-refractivity contribution in [2.75, 3.05) is 19.6 Å². The van der Waals surface area contributed by atoms with Gasteiger partial charge in [0.1, 0.15) is 5.84 Å². The average molecular weight is 383 g/mol. The van der Waals surface area contributed by atoms with Crippen LogP contribution in [0.4, 0.5) is 4.39 Å². The first-order valence-corrected chi connectivity index (χ1v) is 9.85. The highest BCUT2D eigenvalue weighted by Crippen LogP contribution is 2.19. The summed E-state index contributed by atoms with van der Waals surface area (Å²) in [6.07, 6.45) is 13.7. The van der Waals surface area contributed by atoms with Gasteiger partial charge >= 0.3 is 0 Å². The van der Waals surface area contributed by atoms with Crippen LogP contribution in [0.25, 0.3) is 0 Å². The minimum absolute atomic E-state index is 0.145. The fourth-order valence-corrected chi connectivity index (χ4v) is 2.98. The van der Waals surface area contributed by atoms with Crippen molar-refractivity contribution in [3.8, 4) is 0 Å². The number of nitrogens with zero attached hydrogens (tertiary/aromatic N) is 4. The first kappa shape index (κ1) is 21.6. The minimum Gasteiger partial charge on any atom is -0.360 e. The van der Waals surface area contributed by atoms with Crippen LogP contribution in [-0.4, -0.2) is 41.1 Å². The summed E-state index contributed by atoms with van der Waals surface area (Å²) in [6, 6.07) is 0. The summed E-state index contributed by atoms with van der Waals surface area (Å²) >= 11 is 0. The van der Waals surface area contributed by atoms with Gasteiger partial charge in [0, 0.05) is 24.9 Å². The standard InChI is InChI=1S/C23H31FN4/c1-6-20(15-22(24)8-3)17-28-18(4)11-12-23(26-28)21(7-2)16-25-19(5)27-13-9-10-14-27/h6-7,11-12,15-16H,2,4,8-10,13-14,17H2,1,3,5H3/b20-6+,21-16+,22-15+,25-19?. The van der Waals surface area contributed by atoms with Gasteiger partial charge in [-0.2, -0.15) is 5.10 Å². The zero-order chi connectivity index (χ0) is 20.5. The molecule has 2 rings (SSSR count). The molecule has 2 aliphatic rings. The zero-order valence-electron chi connectivity index (χ0n) is 17.3. The molecule has 2 heterocycles. The van der Waals surface area contributed by atoms with Gasteiger partial charge in [0.05, 0.1) is 23.8 Å². The Morgan fingerprint density at radius 2 is 2.04 bits per heavy atom. The second kappa shape index (κ2) is 10.6. The van der Waals surface area contributed by atoms with Gasteiger partial charge in [-0.3, -0.25) is 5.01 Å². The third-order valence-electron chi connectivity index (χ3n) is 4.85. The van der Waals surface area contributed by atoms with E-state index in [1.807, 2.05) is 38.3 Å².